The number of nitrogens with one attached hydrogen (secondary N) is 1. The average molecular weight is 275 g/mol. The Bertz CT molecular complexity index is 442. The maximum absolute atomic E-state index is 13.0. The van der Waals surface area contributed by atoms with Crippen molar-refractivity contribution in [3.8, 4) is 0 Å². The summed E-state index contributed by atoms with van der Waals surface area (Å²) in [7, 11) is 1.55. The quantitative estimate of drug-likeness (QED) is 0.771. The fraction of sp³-hybridized carbons (Fsp3) is 0.417. The van der Waals surface area contributed by atoms with E-state index in [9.17, 15) is 9.18 Å². The lowest BCUT2D eigenvalue weighted by Gasteiger charge is -2.29. The number of carbonyl (C=O) groups is 1. The number of ether oxygens (including phenoxy) is 1. The fourth-order valence-electron chi connectivity index (χ4n) is 1.61. The first-order valence-electron chi connectivity index (χ1n) is 5.41. The number of primary amides is 1. The van der Waals surface area contributed by atoms with Gasteiger partial charge < -0.3 is 10.5 Å². The van der Waals surface area contributed by atoms with Gasteiger partial charge in [-0.05, 0) is 19.1 Å². The van der Waals surface area contributed by atoms with Crippen LogP contribution in [0.15, 0.2) is 18.2 Å². The Morgan fingerprint density at radius 2 is 2.28 bits per heavy atom. The molecule has 0 saturated heterocycles. The van der Waals surface area contributed by atoms with E-state index in [4.69, 9.17) is 22.1 Å². The number of halogens is 2. The highest BCUT2D eigenvalue weighted by Crippen LogP contribution is 2.28. The van der Waals surface area contributed by atoms with Crippen molar-refractivity contribution in [2.24, 2.45) is 5.73 Å². The van der Waals surface area contributed by atoms with Crippen molar-refractivity contribution in [1.29, 1.82) is 0 Å². The third-order valence-electron chi connectivity index (χ3n) is 2.75. The molecule has 0 radical (unpaired) electrons. The first-order chi connectivity index (χ1) is 8.41. The second-order valence-electron chi connectivity index (χ2n) is 4.03. The lowest BCUT2D eigenvalue weighted by atomic mass is 9.91. The lowest BCUT2D eigenvalue weighted by Crippen LogP contribution is -2.51. The highest BCUT2D eigenvalue weighted by Gasteiger charge is 2.34. The summed E-state index contributed by atoms with van der Waals surface area (Å²) < 4.78 is 17.9. The summed E-state index contributed by atoms with van der Waals surface area (Å²) >= 11 is 5.95. The summed E-state index contributed by atoms with van der Waals surface area (Å²) in [5, 5.41) is 3.12. The van der Waals surface area contributed by atoms with E-state index in [1.165, 1.54) is 12.1 Å². The van der Waals surface area contributed by atoms with Gasteiger partial charge in [-0.3, -0.25) is 10.1 Å². The highest BCUT2D eigenvalue weighted by atomic mass is 35.5. The number of amides is 1. The zero-order valence-corrected chi connectivity index (χ0v) is 11.1. The molecule has 0 aliphatic heterocycles. The van der Waals surface area contributed by atoms with Gasteiger partial charge in [0.2, 0.25) is 5.91 Å². The molecular weight excluding hydrogens is 259 g/mol. The maximum Gasteiger partial charge on any atom is 0.242 e. The van der Waals surface area contributed by atoms with Crippen molar-refractivity contribution in [1.82, 2.24) is 5.32 Å². The third kappa shape index (κ3) is 3.19. The predicted molar refractivity (Wildman–Crippen MR) is 67.8 cm³/mol. The van der Waals surface area contributed by atoms with Gasteiger partial charge in [0.05, 0.1) is 6.61 Å². The largest absolute Gasteiger partial charge is 0.383 e. The molecule has 1 unspecified atom stereocenters. The molecule has 0 heterocycles. The van der Waals surface area contributed by atoms with E-state index in [1.54, 1.807) is 14.0 Å². The van der Waals surface area contributed by atoms with Gasteiger partial charge in [-0.25, -0.2) is 4.39 Å². The lowest BCUT2D eigenvalue weighted by molar-refractivity contribution is -0.124. The maximum atomic E-state index is 13.0. The minimum atomic E-state index is -1.16. The summed E-state index contributed by atoms with van der Waals surface area (Å²) in [6, 6.07) is 3.83. The molecule has 0 aromatic heterocycles. The molecule has 1 rings (SSSR count). The van der Waals surface area contributed by atoms with E-state index in [2.05, 4.69) is 5.32 Å². The van der Waals surface area contributed by atoms with E-state index >= 15 is 0 Å². The standard InChI is InChI=1S/C12H16ClFN2O2/c1-12(11(15)17,16-5-6-18-2)9-4-3-8(14)7-10(9)13/h3-4,7,16H,5-6H2,1-2H3,(H2,15,17). The summed E-state index contributed by atoms with van der Waals surface area (Å²) in [4.78, 5) is 11.6. The normalized spacial score (nSPS) is 14.2. The van der Waals surface area contributed by atoms with Gasteiger partial charge in [0.1, 0.15) is 11.4 Å². The van der Waals surface area contributed by atoms with Gasteiger partial charge in [-0.15, -0.1) is 0 Å². The van der Waals surface area contributed by atoms with Crippen molar-refractivity contribution in [3.05, 3.63) is 34.6 Å². The summed E-state index contributed by atoms with van der Waals surface area (Å²) in [5.41, 5.74) is 4.67. The Kier molecular flexibility index (Phi) is 5.07. The van der Waals surface area contributed by atoms with Crippen LogP contribution in [0.3, 0.4) is 0 Å². The molecular formula is C12H16ClFN2O2. The molecule has 1 atom stereocenters. The van der Waals surface area contributed by atoms with Gasteiger partial charge in [0.15, 0.2) is 0 Å². The van der Waals surface area contributed by atoms with E-state index < -0.39 is 17.3 Å². The Morgan fingerprint density at radius 3 is 2.78 bits per heavy atom. The van der Waals surface area contributed by atoms with Crippen LogP contribution in [0, 0.1) is 5.82 Å². The molecule has 3 N–H and O–H groups in total. The van der Waals surface area contributed by atoms with Crippen molar-refractivity contribution in [2.45, 2.75) is 12.5 Å². The Labute approximate surface area is 110 Å². The number of benzene rings is 1. The van der Waals surface area contributed by atoms with Crippen molar-refractivity contribution >= 4 is 17.5 Å². The number of hydrogen-bond donors (Lipinski definition) is 2. The fourth-order valence-corrected chi connectivity index (χ4v) is 1.97. The second kappa shape index (κ2) is 6.13. The molecule has 1 amide bonds. The Hall–Kier alpha value is -1.17. The molecule has 6 heteroatoms. The second-order valence-corrected chi connectivity index (χ2v) is 4.44. The zero-order valence-electron chi connectivity index (χ0n) is 10.3. The molecule has 1 aromatic rings. The van der Waals surface area contributed by atoms with Crippen LogP contribution in [0.5, 0.6) is 0 Å². The van der Waals surface area contributed by atoms with Gasteiger partial charge in [-0.1, -0.05) is 17.7 Å². The van der Waals surface area contributed by atoms with Crippen LogP contribution in [0.4, 0.5) is 4.39 Å². The molecule has 0 bridgehead atoms. The molecule has 18 heavy (non-hydrogen) atoms. The number of hydrogen-bond acceptors (Lipinski definition) is 3. The molecule has 0 spiro atoms. The number of nitrogens with two attached hydrogens (primary N) is 1. The van der Waals surface area contributed by atoms with Crippen LogP contribution in [-0.2, 0) is 15.1 Å². The first-order valence-corrected chi connectivity index (χ1v) is 5.79. The Balaban J connectivity index is 3.06. The van der Waals surface area contributed by atoms with Crippen LogP contribution in [-0.4, -0.2) is 26.2 Å². The molecule has 100 valence electrons. The van der Waals surface area contributed by atoms with Crippen LogP contribution in [0.2, 0.25) is 5.02 Å². The predicted octanol–water partition coefficient (Wildman–Crippen LogP) is 1.42. The molecule has 0 fully saturated rings. The number of carbonyl (C=O) groups excluding carboxylic acids is 1. The number of rotatable bonds is 6. The van der Waals surface area contributed by atoms with Crippen molar-refractivity contribution < 1.29 is 13.9 Å². The molecule has 0 aliphatic carbocycles. The van der Waals surface area contributed by atoms with E-state index in [1.807, 2.05) is 0 Å². The first kappa shape index (κ1) is 14.9. The van der Waals surface area contributed by atoms with Gasteiger partial charge >= 0.3 is 0 Å². The molecule has 4 nitrogen and oxygen atoms in total. The van der Waals surface area contributed by atoms with E-state index in [-0.39, 0.29) is 5.02 Å². The third-order valence-corrected chi connectivity index (χ3v) is 3.06. The topological polar surface area (TPSA) is 64.3 Å². The van der Waals surface area contributed by atoms with Crippen molar-refractivity contribution in [3.63, 3.8) is 0 Å². The SMILES string of the molecule is COCCNC(C)(C(N)=O)c1ccc(F)cc1Cl. The van der Waals surface area contributed by atoms with Crippen LogP contribution < -0.4 is 11.1 Å². The van der Waals surface area contributed by atoms with Gasteiger partial charge in [-0.2, -0.15) is 0 Å². The molecule has 1 aromatic carbocycles. The Morgan fingerprint density at radius 1 is 1.61 bits per heavy atom. The average Bonchev–Trinajstić information content (AvgIpc) is 2.28. The van der Waals surface area contributed by atoms with Crippen LogP contribution >= 0.6 is 11.6 Å². The molecule has 0 aliphatic rings. The highest BCUT2D eigenvalue weighted by molar-refractivity contribution is 6.31. The summed E-state index contributed by atoms with van der Waals surface area (Å²) in [6.07, 6.45) is 0. The minimum Gasteiger partial charge on any atom is -0.383 e. The van der Waals surface area contributed by atoms with E-state index in [0.29, 0.717) is 18.7 Å². The van der Waals surface area contributed by atoms with Gasteiger partial charge in [0, 0.05) is 24.2 Å². The van der Waals surface area contributed by atoms with Crippen LogP contribution in [0.1, 0.15) is 12.5 Å². The van der Waals surface area contributed by atoms with Gasteiger partial charge in [0.25, 0.3) is 0 Å². The number of methoxy groups -OCH3 is 1. The van der Waals surface area contributed by atoms with E-state index in [0.717, 1.165) is 6.07 Å². The van der Waals surface area contributed by atoms with Crippen LogP contribution in [0.25, 0.3) is 0 Å². The summed E-state index contributed by atoms with van der Waals surface area (Å²) in [5.74, 6) is -1.06. The monoisotopic (exact) mass is 274 g/mol. The zero-order chi connectivity index (χ0) is 13.8. The van der Waals surface area contributed by atoms with Crippen molar-refractivity contribution in [2.75, 3.05) is 20.3 Å². The molecule has 0 saturated carbocycles. The summed E-state index contributed by atoms with van der Waals surface area (Å²) in [6.45, 7) is 2.44. The smallest absolute Gasteiger partial charge is 0.242 e. The minimum absolute atomic E-state index is 0.154.